The summed E-state index contributed by atoms with van der Waals surface area (Å²) in [6.45, 7) is 0.137. The Morgan fingerprint density at radius 2 is 2.25 bits per heavy atom. The number of aromatic nitrogens is 1. The number of rotatable bonds is 4. The molecular weight excluding hydrogens is 362 g/mol. The third kappa shape index (κ3) is 3.24. The van der Waals surface area contributed by atoms with E-state index < -0.39 is 34.4 Å². The molecule has 2 fully saturated rings. The second-order valence-electron chi connectivity index (χ2n) is 5.24. The third-order valence-corrected chi connectivity index (χ3v) is 4.86. The van der Waals surface area contributed by atoms with Crippen LogP contribution in [0, 0.1) is 5.41 Å². The van der Waals surface area contributed by atoms with Crippen molar-refractivity contribution in [2.24, 2.45) is 0 Å². The number of piperidine rings is 1. The molecular formula is C11H13N5O6S2. The zero-order chi connectivity index (χ0) is 17.5. The molecule has 0 radical (unpaired) electrons. The number of nitrogens with zero attached hydrogens (tertiary/aromatic N) is 3. The molecule has 3 rings (SSSR count). The fourth-order valence-corrected chi connectivity index (χ4v) is 3.63. The Balaban J connectivity index is 1.69. The largest absolute Gasteiger partial charge is 0.418 e. The van der Waals surface area contributed by atoms with Crippen molar-refractivity contribution < 1.29 is 26.8 Å². The maximum atomic E-state index is 12.2. The van der Waals surface area contributed by atoms with Gasteiger partial charge in [-0.3, -0.25) is 19.7 Å². The van der Waals surface area contributed by atoms with E-state index in [1.807, 2.05) is 0 Å². The molecule has 130 valence electrons. The zero-order valence-corrected chi connectivity index (χ0v) is 13.7. The predicted octanol–water partition coefficient (Wildman–Crippen LogP) is -0.147. The number of amidine groups is 1. The Hall–Kier alpha value is -2.09. The molecule has 2 bridgehead atoms. The van der Waals surface area contributed by atoms with Crippen LogP contribution in [0.3, 0.4) is 0 Å². The molecule has 3 amide bonds. The van der Waals surface area contributed by atoms with Crippen LogP contribution in [-0.4, -0.2) is 64.3 Å². The summed E-state index contributed by atoms with van der Waals surface area (Å²) in [6.07, 6.45) is 2.08. The van der Waals surface area contributed by atoms with Gasteiger partial charge in [0, 0.05) is 6.54 Å². The van der Waals surface area contributed by atoms with E-state index in [0.29, 0.717) is 22.8 Å². The number of hydrogen-bond donors (Lipinski definition) is 3. The minimum Gasteiger partial charge on any atom is -0.310 e. The molecule has 0 spiro atoms. The Morgan fingerprint density at radius 3 is 2.88 bits per heavy atom. The van der Waals surface area contributed by atoms with E-state index in [0.717, 1.165) is 11.3 Å². The smallest absolute Gasteiger partial charge is 0.310 e. The highest BCUT2D eigenvalue weighted by Gasteiger charge is 2.48. The predicted molar refractivity (Wildman–Crippen MR) is 80.7 cm³/mol. The molecule has 2 aliphatic heterocycles. The van der Waals surface area contributed by atoms with Crippen molar-refractivity contribution in [3.63, 3.8) is 0 Å². The van der Waals surface area contributed by atoms with E-state index in [2.05, 4.69) is 14.6 Å². The van der Waals surface area contributed by atoms with Crippen LogP contribution in [-0.2, 0) is 14.7 Å². The molecule has 2 saturated heterocycles. The van der Waals surface area contributed by atoms with Crippen molar-refractivity contribution in [2.45, 2.75) is 24.9 Å². The SMILES string of the molecule is N=C(NC(=O)c1cncs1)[C@@H]1CC[C@@H]2CN1C(=O)N2OS(=O)(=O)O. The second kappa shape index (κ2) is 6.08. The molecule has 24 heavy (non-hydrogen) atoms. The topological polar surface area (TPSA) is 153 Å². The van der Waals surface area contributed by atoms with Gasteiger partial charge in [-0.2, -0.15) is 13.5 Å². The van der Waals surface area contributed by atoms with Crippen LogP contribution in [0.2, 0.25) is 0 Å². The fraction of sp³-hybridized carbons (Fsp3) is 0.455. The minimum atomic E-state index is -4.82. The molecule has 2 aliphatic rings. The van der Waals surface area contributed by atoms with Gasteiger partial charge in [-0.05, 0) is 12.8 Å². The van der Waals surface area contributed by atoms with Crippen LogP contribution in [0.4, 0.5) is 4.79 Å². The lowest BCUT2D eigenvalue weighted by atomic mass is 10.00. The van der Waals surface area contributed by atoms with Crippen molar-refractivity contribution >= 4 is 39.5 Å². The molecule has 3 N–H and O–H groups in total. The highest BCUT2D eigenvalue weighted by molar-refractivity contribution is 7.80. The lowest BCUT2D eigenvalue weighted by Gasteiger charge is -2.30. The molecule has 1 aromatic rings. The number of hydroxylamine groups is 2. The fourth-order valence-electron chi connectivity index (χ4n) is 2.73. The average Bonchev–Trinajstić information content (AvgIpc) is 3.11. The second-order valence-corrected chi connectivity index (χ2v) is 7.13. The first-order chi connectivity index (χ1) is 11.3. The summed E-state index contributed by atoms with van der Waals surface area (Å²) in [5, 5.41) is 11.0. The van der Waals surface area contributed by atoms with Gasteiger partial charge < -0.3 is 10.2 Å². The summed E-state index contributed by atoms with van der Waals surface area (Å²) in [5.74, 6) is -0.670. The summed E-state index contributed by atoms with van der Waals surface area (Å²) < 4.78 is 34.7. The molecule has 11 nitrogen and oxygen atoms in total. The number of thiazole rings is 1. The van der Waals surface area contributed by atoms with Gasteiger partial charge in [-0.15, -0.1) is 15.6 Å². The zero-order valence-electron chi connectivity index (χ0n) is 12.1. The van der Waals surface area contributed by atoms with Crippen molar-refractivity contribution in [1.82, 2.24) is 20.3 Å². The minimum absolute atomic E-state index is 0.137. The molecule has 0 unspecified atom stereocenters. The quantitative estimate of drug-likeness (QED) is 0.376. The van der Waals surface area contributed by atoms with Crippen molar-refractivity contribution in [3.05, 3.63) is 16.6 Å². The van der Waals surface area contributed by atoms with Gasteiger partial charge >= 0.3 is 16.4 Å². The lowest BCUT2D eigenvalue weighted by molar-refractivity contribution is -0.0316. The standard InChI is InChI=1S/C11H13N5O6S2/c12-9(14-10(17)8-3-13-5-23-8)7-2-1-6-4-15(7)11(18)16(6)22-24(19,20)21/h3,5-7H,1-2,4H2,(H2,12,14,17)(H,19,20,21)/t6-,7+/m1/s1. The molecule has 1 aromatic heterocycles. The average molecular weight is 375 g/mol. The van der Waals surface area contributed by atoms with Gasteiger partial charge in [0.1, 0.15) is 10.7 Å². The monoisotopic (exact) mass is 375 g/mol. The van der Waals surface area contributed by atoms with Crippen LogP contribution in [0.25, 0.3) is 0 Å². The highest BCUT2D eigenvalue weighted by Crippen LogP contribution is 2.30. The van der Waals surface area contributed by atoms with E-state index in [4.69, 9.17) is 9.96 Å². The summed E-state index contributed by atoms with van der Waals surface area (Å²) >= 11 is 1.12. The molecule has 0 aliphatic carbocycles. The lowest BCUT2D eigenvalue weighted by Crippen LogP contribution is -2.50. The summed E-state index contributed by atoms with van der Waals surface area (Å²) in [5.41, 5.74) is 1.48. The Bertz CT molecular complexity index is 779. The van der Waals surface area contributed by atoms with Gasteiger partial charge in [-0.1, -0.05) is 0 Å². The van der Waals surface area contributed by atoms with E-state index in [1.54, 1.807) is 0 Å². The number of amides is 3. The van der Waals surface area contributed by atoms with Gasteiger partial charge in [0.2, 0.25) is 0 Å². The van der Waals surface area contributed by atoms with Gasteiger partial charge in [-0.25, -0.2) is 4.79 Å². The van der Waals surface area contributed by atoms with E-state index >= 15 is 0 Å². The maximum absolute atomic E-state index is 12.2. The van der Waals surface area contributed by atoms with E-state index in [-0.39, 0.29) is 12.4 Å². The van der Waals surface area contributed by atoms with Crippen LogP contribution >= 0.6 is 11.3 Å². The van der Waals surface area contributed by atoms with E-state index in [9.17, 15) is 18.0 Å². The normalized spacial score (nSPS) is 23.5. The number of hydrogen-bond acceptors (Lipinski definition) is 8. The molecule has 0 saturated carbocycles. The highest BCUT2D eigenvalue weighted by atomic mass is 32.3. The van der Waals surface area contributed by atoms with Gasteiger partial charge in [0.15, 0.2) is 0 Å². The van der Waals surface area contributed by atoms with Crippen molar-refractivity contribution in [1.29, 1.82) is 5.41 Å². The molecule has 0 aromatic carbocycles. The summed E-state index contributed by atoms with van der Waals surface area (Å²) in [6, 6.07) is -2.03. The number of urea groups is 1. The molecule has 3 heterocycles. The number of carbonyl (C=O) groups excluding carboxylic acids is 2. The Labute approximate surface area is 140 Å². The van der Waals surface area contributed by atoms with Crippen LogP contribution < -0.4 is 5.32 Å². The Kier molecular flexibility index (Phi) is 4.25. The third-order valence-electron chi connectivity index (χ3n) is 3.73. The molecule has 2 atom stereocenters. The van der Waals surface area contributed by atoms with Gasteiger partial charge in [0.05, 0.1) is 23.8 Å². The molecule has 13 heteroatoms. The summed E-state index contributed by atoms with van der Waals surface area (Å²) in [7, 11) is -4.82. The van der Waals surface area contributed by atoms with E-state index in [1.165, 1.54) is 16.6 Å². The first kappa shape index (κ1) is 16.8. The maximum Gasteiger partial charge on any atom is 0.418 e. The number of fused-ring (bicyclic) bond motifs is 2. The first-order valence-corrected chi connectivity index (χ1v) is 9.06. The van der Waals surface area contributed by atoms with Crippen molar-refractivity contribution in [3.8, 4) is 0 Å². The number of carbonyl (C=O) groups is 2. The van der Waals surface area contributed by atoms with Crippen LogP contribution in [0.1, 0.15) is 22.5 Å². The Morgan fingerprint density at radius 1 is 1.50 bits per heavy atom. The van der Waals surface area contributed by atoms with Crippen LogP contribution in [0.5, 0.6) is 0 Å². The van der Waals surface area contributed by atoms with Gasteiger partial charge in [0.25, 0.3) is 5.91 Å². The summed E-state index contributed by atoms with van der Waals surface area (Å²) in [4.78, 5) is 29.5. The van der Waals surface area contributed by atoms with Crippen LogP contribution in [0.15, 0.2) is 11.7 Å². The first-order valence-electron chi connectivity index (χ1n) is 6.81. The number of nitrogens with one attached hydrogen (secondary N) is 2. The van der Waals surface area contributed by atoms with Crippen molar-refractivity contribution in [2.75, 3.05) is 6.54 Å².